The number of sulfonamides is 1. The van der Waals surface area contributed by atoms with Gasteiger partial charge in [-0.2, -0.15) is 5.10 Å². The molecular weight excluding hydrogens is 485 g/mol. The van der Waals surface area contributed by atoms with Crippen LogP contribution in [0.25, 0.3) is 10.9 Å². The summed E-state index contributed by atoms with van der Waals surface area (Å²) in [7, 11) is -3.62. The van der Waals surface area contributed by atoms with Crippen molar-refractivity contribution in [2.75, 3.05) is 6.61 Å². The third kappa shape index (κ3) is 4.78. The maximum absolute atomic E-state index is 12.3. The summed E-state index contributed by atoms with van der Waals surface area (Å²) in [6.07, 6.45) is 1.15. The number of rotatable bonds is 7. The van der Waals surface area contributed by atoms with Gasteiger partial charge in [0.2, 0.25) is 10.0 Å². The van der Waals surface area contributed by atoms with Crippen LogP contribution in [0.5, 0.6) is 0 Å². The summed E-state index contributed by atoms with van der Waals surface area (Å²) in [4.78, 5) is 24.4. The number of amides is 1. The molecular formula is C17H20IN3O5S. The average Bonchev–Trinajstić information content (AvgIpc) is 3.40. The van der Waals surface area contributed by atoms with Crippen molar-refractivity contribution in [2.24, 2.45) is 5.92 Å². The predicted octanol–water partition coefficient (Wildman–Crippen LogP) is 2.06. The standard InChI is InChI=1S/C17H20IN3O5S/c1-10(2)9-26-15(22)8-21-14-7-11(3-6-13(14)16(18)19-21)17(23)20-27(24,25)12-4-5-12/h3,6-7,10,12H,4-5,8-9H2,1-2H3,(H,20,23). The second kappa shape index (κ2) is 7.74. The van der Waals surface area contributed by atoms with Gasteiger partial charge in [-0.3, -0.25) is 14.3 Å². The molecule has 1 fully saturated rings. The lowest BCUT2D eigenvalue weighted by molar-refractivity contribution is -0.145. The van der Waals surface area contributed by atoms with Gasteiger partial charge in [-0.25, -0.2) is 13.1 Å². The summed E-state index contributed by atoms with van der Waals surface area (Å²) >= 11 is 2.05. The van der Waals surface area contributed by atoms with Crippen molar-refractivity contribution < 1.29 is 22.7 Å². The van der Waals surface area contributed by atoms with E-state index in [0.29, 0.717) is 28.7 Å². The Kier molecular flexibility index (Phi) is 5.75. The molecule has 0 radical (unpaired) electrons. The zero-order valence-electron chi connectivity index (χ0n) is 14.9. The van der Waals surface area contributed by atoms with Crippen molar-refractivity contribution in [3.8, 4) is 0 Å². The highest BCUT2D eigenvalue weighted by molar-refractivity contribution is 14.1. The first kappa shape index (κ1) is 20.1. The zero-order chi connectivity index (χ0) is 19.8. The lowest BCUT2D eigenvalue weighted by atomic mass is 10.1. The number of benzene rings is 1. The Morgan fingerprint density at radius 2 is 2.07 bits per heavy atom. The second-order valence-corrected chi connectivity index (χ2v) is 9.92. The van der Waals surface area contributed by atoms with Crippen molar-refractivity contribution in [2.45, 2.75) is 38.5 Å². The van der Waals surface area contributed by atoms with Crippen LogP contribution in [0.4, 0.5) is 0 Å². The molecule has 1 amide bonds. The molecule has 2 aromatic rings. The fourth-order valence-corrected chi connectivity index (χ4v) is 4.49. The van der Waals surface area contributed by atoms with Crippen molar-refractivity contribution in [3.63, 3.8) is 0 Å². The van der Waals surface area contributed by atoms with Crippen LogP contribution in [0.3, 0.4) is 0 Å². The summed E-state index contributed by atoms with van der Waals surface area (Å²) in [5.74, 6) is -0.878. The number of aromatic nitrogens is 2. The Morgan fingerprint density at radius 3 is 2.70 bits per heavy atom. The van der Waals surface area contributed by atoms with Crippen LogP contribution >= 0.6 is 22.6 Å². The molecule has 3 rings (SSSR count). The van der Waals surface area contributed by atoms with E-state index in [1.807, 2.05) is 36.4 Å². The van der Waals surface area contributed by atoms with Gasteiger partial charge >= 0.3 is 5.97 Å². The molecule has 1 aromatic heterocycles. The van der Waals surface area contributed by atoms with Crippen LogP contribution in [0.15, 0.2) is 18.2 Å². The first-order chi connectivity index (χ1) is 12.7. The number of carbonyl (C=O) groups excluding carboxylic acids is 2. The van der Waals surface area contributed by atoms with Crippen LogP contribution < -0.4 is 4.72 Å². The fourth-order valence-electron chi connectivity index (χ4n) is 2.47. The van der Waals surface area contributed by atoms with E-state index in [1.54, 1.807) is 12.1 Å². The SMILES string of the molecule is CC(C)COC(=O)Cn1nc(I)c2ccc(C(=O)NS(=O)(=O)C3CC3)cc21. The van der Waals surface area contributed by atoms with E-state index in [9.17, 15) is 18.0 Å². The summed E-state index contributed by atoms with van der Waals surface area (Å²) in [5.41, 5.74) is 0.761. The van der Waals surface area contributed by atoms with E-state index in [1.165, 1.54) is 10.7 Å². The normalized spacial score (nSPS) is 14.5. The molecule has 0 aliphatic heterocycles. The highest BCUT2D eigenvalue weighted by atomic mass is 127. The summed E-state index contributed by atoms with van der Waals surface area (Å²) in [6, 6.07) is 4.78. The average molecular weight is 505 g/mol. The number of hydrogen-bond donors (Lipinski definition) is 1. The largest absolute Gasteiger partial charge is 0.464 e. The van der Waals surface area contributed by atoms with E-state index in [4.69, 9.17) is 4.74 Å². The first-order valence-electron chi connectivity index (χ1n) is 8.55. The molecule has 146 valence electrons. The van der Waals surface area contributed by atoms with Crippen molar-refractivity contribution >= 4 is 55.4 Å². The van der Waals surface area contributed by atoms with E-state index in [0.717, 1.165) is 5.39 Å². The smallest absolute Gasteiger partial charge is 0.327 e. The molecule has 1 aliphatic carbocycles. The predicted molar refractivity (Wildman–Crippen MR) is 108 cm³/mol. The lowest BCUT2D eigenvalue weighted by Crippen LogP contribution is -2.33. The number of esters is 1. The molecule has 0 unspecified atom stereocenters. The summed E-state index contributed by atoms with van der Waals surface area (Å²) < 4.78 is 33.4. The fraction of sp³-hybridized carbons (Fsp3) is 0.471. The quantitative estimate of drug-likeness (QED) is 0.456. The molecule has 10 heteroatoms. The number of carbonyl (C=O) groups is 2. The molecule has 0 spiro atoms. The van der Waals surface area contributed by atoms with E-state index in [2.05, 4.69) is 9.82 Å². The van der Waals surface area contributed by atoms with Gasteiger partial charge in [-0.05, 0) is 59.5 Å². The highest BCUT2D eigenvalue weighted by Gasteiger charge is 2.37. The minimum absolute atomic E-state index is 0.0856. The number of nitrogens with one attached hydrogen (secondary N) is 1. The Balaban J connectivity index is 1.83. The van der Waals surface area contributed by atoms with Gasteiger partial charge in [0.1, 0.15) is 10.2 Å². The lowest BCUT2D eigenvalue weighted by Gasteiger charge is -2.08. The molecule has 0 atom stereocenters. The van der Waals surface area contributed by atoms with Gasteiger partial charge in [0.15, 0.2) is 0 Å². The zero-order valence-corrected chi connectivity index (χ0v) is 17.9. The molecule has 27 heavy (non-hydrogen) atoms. The van der Waals surface area contributed by atoms with Gasteiger partial charge in [0.25, 0.3) is 5.91 Å². The molecule has 0 bridgehead atoms. The monoisotopic (exact) mass is 505 g/mol. The minimum atomic E-state index is -3.62. The number of hydrogen-bond acceptors (Lipinski definition) is 6. The van der Waals surface area contributed by atoms with Crippen LogP contribution in [0.2, 0.25) is 0 Å². The molecule has 1 aromatic carbocycles. The van der Waals surface area contributed by atoms with Crippen LogP contribution in [-0.4, -0.2) is 41.9 Å². The van der Waals surface area contributed by atoms with Crippen LogP contribution in [-0.2, 0) is 26.1 Å². The van der Waals surface area contributed by atoms with Gasteiger partial charge in [-0.15, -0.1) is 0 Å². The molecule has 1 N–H and O–H groups in total. The first-order valence-corrected chi connectivity index (χ1v) is 11.2. The van der Waals surface area contributed by atoms with Crippen molar-refractivity contribution in [3.05, 3.63) is 27.5 Å². The minimum Gasteiger partial charge on any atom is -0.464 e. The summed E-state index contributed by atoms with van der Waals surface area (Å²) in [5, 5.41) is 4.62. The maximum atomic E-state index is 12.3. The van der Waals surface area contributed by atoms with E-state index < -0.39 is 27.1 Å². The topological polar surface area (TPSA) is 107 Å². The number of ether oxygens (including phenoxy) is 1. The Morgan fingerprint density at radius 1 is 1.37 bits per heavy atom. The Hall–Kier alpha value is -1.69. The van der Waals surface area contributed by atoms with Gasteiger partial charge in [0, 0.05) is 10.9 Å². The number of nitrogens with zero attached hydrogens (tertiary/aromatic N) is 2. The highest BCUT2D eigenvalue weighted by Crippen LogP contribution is 2.28. The molecule has 8 nitrogen and oxygen atoms in total. The number of fused-ring (bicyclic) bond motifs is 1. The Labute approximate surface area is 170 Å². The second-order valence-electron chi connectivity index (χ2n) is 6.93. The van der Waals surface area contributed by atoms with Gasteiger partial charge in [0.05, 0.1) is 17.4 Å². The molecule has 1 aliphatic rings. The Bertz CT molecular complexity index is 995. The van der Waals surface area contributed by atoms with E-state index >= 15 is 0 Å². The maximum Gasteiger partial charge on any atom is 0.327 e. The third-order valence-electron chi connectivity index (χ3n) is 4.02. The molecule has 1 saturated carbocycles. The van der Waals surface area contributed by atoms with Crippen molar-refractivity contribution in [1.29, 1.82) is 0 Å². The van der Waals surface area contributed by atoms with Crippen molar-refractivity contribution in [1.82, 2.24) is 14.5 Å². The van der Waals surface area contributed by atoms with Gasteiger partial charge in [-0.1, -0.05) is 13.8 Å². The van der Waals surface area contributed by atoms with Crippen LogP contribution in [0, 0.1) is 9.62 Å². The van der Waals surface area contributed by atoms with E-state index in [-0.39, 0.29) is 18.0 Å². The number of halogens is 1. The summed E-state index contributed by atoms with van der Waals surface area (Å²) in [6.45, 7) is 4.12. The van der Waals surface area contributed by atoms with Crippen LogP contribution in [0.1, 0.15) is 37.0 Å². The molecule has 0 saturated heterocycles. The third-order valence-corrected chi connectivity index (χ3v) is 6.64. The molecule has 1 heterocycles. The van der Waals surface area contributed by atoms with Gasteiger partial charge < -0.3 is 4.74 Å².